The van der Waals surface area contributed by atoms with E-state index in [1.54, 1.807) is 63.8 Å². The number of amides is 2. The Hall–Kier alpha value is -4.04. The maximum absolute atomic E-state index is 12.8. The summed E-state index contributed by atoms with van der Waals surface area (Å²) in [7, 11) is 6.49. The molecule has 0 atom stereocenters. The zero-order valence-electron chi connectivity index (χ0n) is 19.8. The fraction of sp³-hybridized carbons (Fsp3) is 0.231. The Kier molecular flexibility index (Phi) is 8.48. The Morgan fingerprint density at radius 1 is 0.794 bits per heavy atom. The lowest BCUT2D eigenvalue weighted by Gasteiger charge is -2.20. The third-order valence-corrected chi connectivity index (χ3v) is 5.12. The number of carbonyl (C=O) groups is 2. The number of nitrogens with one attached hydrogen (secondary N) is 2. The van der Waals surface area contributed by atoms with Gasteiger partial charge in [0, 0.05) is 17.8 Å². The number of benzene rings is 3. The van der Waals surface area contributed by atoms with Gasteiger partial charge in [0.05, 0.1) is 39.1 Å². The summed E-state index contributed by atoms with van der Waals surface area (Å²) >= 11 is 0. The van der Waals surface area contributed by atoms with E-state index in [9.17, 15) is 9.59 Å². The van der Waals surface area contributed by atoms with E-state index >= 15 is 0 Å². The molecule has 0 bridgehead atoms. The van der Waals surface area contributed by atoms with Gasteiger partial charge in [-0.25, -0.2) is 0 Å². The van der Waals surface area contributed by atoms with Gasteiger partial charge >= 0.3 is 0 Å². The first-order valence-electron chi connectivity index (χ1n) is 10.7. The number of nitrogens with zero attached hydrogens (tertiary/aromatic N) is 1. The van der Waals surface area contributed by atoms with Gasteiger partial charge in [0.2, 0.25) is 11.7 Å². The van der Waals surface area contributed by atoms with E-state index in [4.69, 9.17) is 14.2 Å². The molecule has 3 aromatic rings. The van der Waals surface area contributed by atoms with Crippen LogP contribution in [-0.2, 0) is 11.3 Å². The molecule has 3 rings (SSSR count). The van der Waals surface area contributed by atoms with Crippen molar-refractivity contribution < 1.29 is 23.8 Å². The molecule has 34 heavy (non-hydrogen) atoms. The maximum Gasteiger partial charge on any atom is 0.257 e. The number of carbonyl (C=O) groups excluding carboxylic acids is 2. The normalized spacial score (nSPS) is 10.5. The molecule has 0 aliphatic rings. The second-order valence-electron chi connectivity index (χ2n) is 7.58. The minimum Gasteiger partial charge on any atom is -0.493 e. The summed E-state index contributed by atoms with van der Waals surface area (Å²) < 4.78 is 16.3. The van der Waals surface area contributed by atoms with Crippen LogP contribution < -0.4 is 24.8 Å². The van der Waals surface area contributed by atoms with E-state index in [1.165, 1.54) is 0 Å². The minimum absolute atomic E-state index is 0.103. The molecule has 0 saturated heterocycles. The number of hydrogen-bond donors (Lipinski definition) is 2. The predicted octanol–water partition coefficient (Wildman–Crippen LogP) is 4.04. The predicted molar refractivity (Wildman–Crippen MR) is 132 cm³/mol. The lowest BCUT2D eigenvalue weighted by molar-refractivity contribution is -0.117. The summed E-state index contributed by atoms with van der Waals surface area (Å²) in [6.45, 7) is 0.541. The Morgan fingerprint density at radius 3 is 2.15 bits per heavy atom. The second-order valence-corrected chi connectivity index (χ2v) is 7.58. The Morgan fingerprint density at radius 2 is 1.47 bits per heavy atom. The van der Waals surface area contributed by atoms with Crippen LogP contribution in [0.1, 0.15) is 15.9 Å². The molecule has 2 N–H and O–H groups in total. The van der Waals surface area contributed by atoms with Gasteiger partial charge in [-0.1, -0.05) is 36.4 Å². The molecule has 3 aromatic carbocycles. The molecule has 0 saturated carbocycles. The van der Waals surface area contributed by atoms with Gasteiger partial charge in [-0.05, 0) is 37.4 Å². The van der Waals surface area contributed by atoms with Gasteiger partial charge in [0.1, 0.15) is 0 Å². The van der Waals surface area contributed by atoms with Gasteiger partial charge in [0.25, 0.3) is 5.91 Å². The van der Waals surface area contributed by atoms with Crippen molar-refractivity contribution in [2.45, 2.75) is 6.54 Å². The first-order chi connectivity index (χ1) is 16.5. The van der Waals surface area contributed by atoms with Crippen molar-refractivity contribution in [2.75, 3.05) is 45.6 Å². The molecule has 0 spiro atoms. The van der Waals surface area contributed by atoms with Crippen LogP contribution in [-0.4, -0.2) is 51.6 Å². The highest BCUT2D eigenvalue weighted by atomic mass is 16.5. The quantitative estimate of drug-likeness (QED) is 0.472. The van der Waals surface area contributed by atoms with Crippen molar-refractivity contribution in [1.29, 1.82) is 0 Å². The van der Waals surface area contributed by atoms with E-state index in [2.05, 4.69) is 10.6 Å². The van der Waals surface area contributed by atoms with E-state index in [-0.39, 0.29) is 18.4 Å². The highest BCUT2D eigenvalue weighted by molar-refractivity contribution is 6.10. The minimum atomic E-state index is -0.300. The first kappa shape index (κ1) is 24.6. The molecular formula is C26H29N3O5. The van der Waals surface area contributed by atoms with E-state index in [0.717, 1.165) is 5.56 Å². The zero-order chi connectivity index (χ0) is 24.5. The van der Waals surface area contributed by atoms with E-state index in [0.29, 0.717) is 40.7 Å². The second kappa shape index (κ2) is 11.7. The van der Waals surface area contributed by atoms with Crippen molar-refractivity contribution in [3.63, 3.8) is 0 Å². The number of hydrogen-bond acceptors (Lipinski definition) is 6. The average Bonchev–Trinajstić information content (AvgIpc) is 2.84. The van der Waals surface area contributed by atoms with Gasteiger partial charge in [-0.3, -0.25) is 14.5 Å². The average molecular weight is 464 g/mol. The molecule has 0 aromatic heterocycles. The molecule has 0 heterocycles. The number of anilines is 2. The Bertz CT molecular complexity index is 1130. The molecule has 8 heteroatoms. The van der Waals surface area contributed by atoms with Crippen LogP contribution >= 0.6 is 0 Å². The van der Waals surface area contributed by atoms with Gasteiger partial charge in [-0.2, -0.15) is 0 Å². The Balaban J connectivity index is 1.67. The maximum atomic E-state index is 12.8. The fourth-order valence-corrected chi connectivity index (χ4v) is 3.58. The molecule has 178 valence electrons. The van der Waals surface area contributed by atoms with Crippen molar-refractivity contribution >= 4 is 23.2 Å². The molecule has 8 nitrogen and oxygen atoms in total. The van der Waals surface area contributed by atoms with Gasteiger partial charge in [-0.15, -0.1) is 0 Å². The van der Waals surface area contributed by atoms with Crippen LogP contribution in [0.3, 0.4) is 0 Å². The molecule has 0 aliphatic heterocycles. The van der Waals surface area contributed by atoms with Crippen LogP contribution in [0.2, 0.25) is 0 Å². The summed E-state index contributed by atoms with van der Waals surface area (Å²) in [6, 6.07) is 19.7. The van der Waals surface area contributed by atoms with Gasteiger partial charge in [0.15, 0.2) is 11.5 Å². The van der Waals surface area contributed by atoms with Gasteiger partial charge < -0.3 is 24.8 Å². The van der Waals surface area contributed by atoms with E-state index in [1.807, 2.05) is 36.2 Å². The zero-order valence-corrected chi connectivity index (χ0v) is 19.8. The van der Waals surface area contributed by atoms with Crippen LogP contribution in [0.4, 0.5) is 11.4 Å². The summed E-state index contributed by atoms with van der Waals surface area (Å²) in [5.41, 5.74) is 2.34. The van der Waals surface area contributed by atoms with E-state index < -0.39 is 0 Å². The topological polar surface area (TPSA) is 89.1 Å². The largest absolute Gasteiger partial charge is 0.493 e. The standard InChI is InChI=1S/C26H29N3O5/c1-29(16-18-14-15-22(32-2)25(34-4)24(18)33-3)17-23(30)28-21-13-9-8-12-20(21)26(31)27-19-10-6-5-7-11-19/h5-15H,16-17H2,1-4H3,(H,27,31)(H,28,30). The van der Waals surface area contributed by atoms with Crippen molar-refractivity contribution in [1.82, 2.24) is 4.90 Å². The number of para-hydroxylation sites is 2. The highest BCUT2D eigenvalue weighted by Crippen LogP contribution is 2.40. The van der Waals surface area contributed by atoms with Crippen LogP contribution in [0.5, 0.6) is 17.2 Å². The first-order valence-corrected chi connectivity index (χ1v) is 10.7. The monoisotopic (exact) mass is 463 g/mol. The molecule has 0 aliphatic carbocycles. The number of rotatable bonds is 10. The molecule has 0 fully saturated rings. The van der Waals surface area contributed by atoms with Crippen LogP contribution in [0.25, 0.3) is 0 Å². The van der Waals surface area contributed by atoms with Crippen molar-refractivity contribution in [2.24, 2.45) is 0 Å². The molecule has 0 radical (unpaired) electrons. The molecular weight excluding hydrogens is 434 g/mol. The lowest BCUT2D eigenvalue weighted by atomic mass is 10.1. The molecule has 2 amide bonds. The third kappa shape index (κ3) is 6.05. The molecule has 0 unspecified atom stereocenters. The smallest absolute Gasteiger partial charge is 0.257 e. The number of ether oxygens (including phenoxy) is 3. The lowest BCUT2D eigenvalue weighted by Crippen LogP contribution is -2.30. The summed E-state index contributed by atoms with van der Waals surface area (Å²) in [5, 5.41) is 5.69. The van der Waals surface area contributed by atoms with Crippen LogP contribution in [0.15, 0.2) is 66.7 Å². The number of likely N-dealkylation sites (N-methyl/N-ethyl adjacent to an activating group) is 1. The third-order valence-electron chi connectivity index (χ3n) is 5.12. The summed E-state index contributed by atoms with van der Waals surface area (Å²) in [4.78, 5) is 27.4. The Labute approximate surface area is 199 Å². The summed E-state index contributed by atoms with van der Waals surface area (Å²) in [5.74, 6) is 1.07. The fourth-order valence-electron chi connectivity index (χ4n) is 3.58. The highest BCUT2D eigenvalue weighted by Gasteiger charge is 2.19. The van der Waals surface area contributed by atoms with Crippen molar-refractivity contribution in [3.05, 3.63) is 77.9 Å². The number of methoxy groups -OCH3 is 3. The van der Waals surface area contributed by atoms with Crippen molar-refractivity contribution in [3.8, 4) is 17.2 Å². The summed E-state index contributed by atoms with van der Waals surface area (Å²) in [6.07, 6.45) is 0. The van der Waals surface area contributed by atoms with Crippen LogP contribution in [0, 0.1) is 0 Å². The SMILES string of the molecule is COc1ccc(CN(C)CC(=O)Nc2ccccc2C(=O)Nc2ccccc2)c(OC)c1OC.